The van der Waals surface area contributed by atoms with Crippen LogP contribution in [0.1, 0.15) is 34.3 Å². The molecule has 0 bridgehead atoms. The maximum atomic E-state index is 14.3. The molecule has 44 heavy (non-hydrogen) atoms. The van der Waals surface area contributed by atoms with Crippen LogP contribution in [0.25, 0.3) is 0 Å². The van der Waals surface area contributed by atoms with E-state index in [4.69, 9.17) is 0 Å². The van der Waals surface area contributed by atoms with Gasteiger partial charge in [-0.15, -0.1) is 0 Å². The topological polar surface area (TPSA) is 81.2 Å². The third kappa shape index (κ3) is 3.91. The van der Waals surface area contributed by atoms with Crippen LogP contribution in [0.15, 0.2) is 121 Å². The molecule has 4 saturated heterocycles. The van der Waals surface area contributed by atoms with Crippen molar-refractivity contribution in [1.82, 2.24) is 19.8 Å². The van der Waals surface area contributed by atoms with Crippen LogP contribution in [0.3, 0.4) is 0 Å². The molecule has 8 nitrogen and oxygen atoms in total. The molecule has 8 rings (SSSR count). The molecule has 0 N–H and O–H groups in total. The van der Waals surface area contributed by atoms with Crippen molar-refractivity contribution in [1.29, 1.82) is 0 Å². The van der Waals surface area contributed by atoms with Gasteiger partial charge in [0.15, 0.2) is 0 Å². The van der Waals surface area contributed by atoms with Crippen LogP contribution < -0.4 is 0 Å². The van der Waals surface area contributed by atoms with Gasteiger partial charge in [0.2, 0.25) is 23.6 Å². The lowest BCUT2D eigenvalue weighted by Gasteiger charge is -2.35. The Bertz CT molecular complexity index is 1620. The monoisotopic (exact) mass is 582 g/mol. The van der Waals surface area contributed by atoms with Crippen LogP contribution in [-0.4, -0.2) is 55.5 Å². The van der Waals surface area contributed by atoms with Gasteiger partial charge in [-0.05, 0) is 22.3 Å². The second-order valence-electron chi connectivity index (χ2n) is 11.9. The van der Waals surface area contributed by atoms with Gasteiger partial charge in [-0.25, -0.2) is 10.0 Å². The van der Waals surface area contributed by atoms with Gasteiger partial charge >= 0.3 is 0 Å². The molecule has 0 aromatic heterocycles. The van der Waals surface area contributed by atoms with E-state index < -0.39 is 36.0 Å². The Morgan fingerprint density at radius 3 is 1.05 bits per heavy atom. The summed E-state index contributed by atoms with van der Waals surface area (Å²) in [6, 6.07) is 35.3. The zero-order valence-electron chi connectivity index (χ0n) is 23.8. The molecule has 0 saturated carbocycles. The highest BCUT2D eigenvalue weighted by Crippen LogP contribution is 2.59. The lowest BCUT2D eigenvalue weighted by atomic mass is 9.84. The summed E-state index contributed by atoms with van der Waals surface area (Å²) in [5.41, 5.74) is 3.40. The molecule has 4 amide bonds. The summed E-state index contributed by atoms with van der Waals surface area (Å²) in [5, 5.41) is 3.85. The van der Waals surface area contributed by atoms with Crippen molar-refractivity contribution in [2.75, 3.05) is 0 Å². The molecular formula is C36H30N4O4. The van der Waals surface area contributed by atoms with Gasteiger partial charge in [0.25, 0.3) is 0 Å². The second-order valence-corrected chi connectivity index (χ2v) is 11.9. The van der Waals surface area contributed by atoms with Crippen LogP contribution in [0, 0.1) is 11.8 Å². The lowest BCUT2D eigenvalue weighted by molar-refractivity contribution is -0.153. The van der Waals surface area contributed by atoms with Gasteiger partial charge in [-0.3, -0.25) is 29.0 Å². The number of hydrogen-bond acceptors (Lipinski definition) is 6. The Hall–Kier alpha value is -4.92. The molecule has 4 aromatic rings. The highest BCUT2D eigenvalue weighted by molar-refractivity contribution is 6.10. The SMILES string of the molecule is O=C1[C@@H]2[C@@H](C(=O)N1Cc1ccccc1)N1[C@@H](c3ccccc3)[C@H]3C(=O)N(Cc4ccccc4)C(=O)[C@@H]3N1[C@@H]2c1ccccc1. The van der Waals surface area contributed by atoms with E-state index >= 15 is 0 Å². The fraction of sp³-hybridized carbons (Fsp3) is 0.222. The largest absolute Gasteiger partial charge is 0.276 e. The van der Waals surface area contributed by atoms with Crippen LogP contribution >= 0.6 is 0 Å². The number of amides is 4. The Morgan fingerprint density at radius 1 is 0.386 bits per heavy atom. The van der Waals surface area contributed by atoms with Crippen molar-refractivity contribution in [3.63, 3.8) is 0 Å². The predicted octanol–water partition coefficient (Wildman–Crippen LogP) is 4.12. The fourth-order valence-electron chi connectivity index (χ4n) is 7.76. The van der Waals surface area contributed by atoms with Crippen LogP contribution in [-0.2, 0) is 32.3 Å². The van der Waals surface area contributed by atoms with E-state index in [2.05, 4.69) is 0 Å². The third-order valence-corrected chi connectivity index (χ3v) is 9.56. The smallest absolute Gasteiger partial charge is 0.249 e. The molecule has 218 valence electrons. The number of hydrazine groups is 1. The highest BCUT2D eigenvalue weighted by atomic mass is 16.2. The third-order valence-electron chi connectivity index (χ3n) is 9.56. The maximum absolute atomic E-state index is 14.3. The van der Waals surface area contributed by atoms with E-state index in [0.29, 0.717) is 0 Å². The average Bonchev–Trinajstić information content (AvgIpc) is 3.72. The number of benzene rings is 4. The van der Waals surface area contributed by atoms with E-state index in [9.17, 15) is 19.2 Å². The van der Waals surface area contributed by atoms with Gasteiger partial charge in [0.05, 0.1) is 37.0 Å². The lowest BCUT2D eigenvalue weighted by Crippen LogP contribution is -2.49. The molecule has 6 atom stereocenters. The summed E-state index contributed by atoms with van der Waals surface area (Å²) in [6.07, 6.45) is 0. The zero-order valence-corrected chi connectivity index (χ0v) is 23.8. The van der Waals surface area contributed by atoms with Gasteiger partial charge in [-0.2, -0.15) is 0 Å². The highest BCUT2D eigenvalue weighted by Gasteiger charge is 2.73. The quantitative estimate of drug-likeness (QED) is 0.318. The minimum Gasteiger partial charge on any atom is -0.276 e. The molecule has 8 heteroatoms. The van der Waals surface area contributed by atoms with Gasteiger partial charge in [0.1, 0.15) is 12.1 Å². The van der Waals surface area contributed by atoms with Gasteiger partial charge in [0, 0.05) is 0 Å². The molecule has 0 spiro atoms. The Labute approximate surface area is 255 Å². The number of rotatable bonds is 6. The first-order valence-corrected chi connectivity index (χ1v) is 15.0. The van der Waals surface area contributed by atoms with E-state index in [-0.39, 0.29) is 36.7 Å². The summed E-state index contributed by atoms with van der Waals surface area (Å²) in [4.78, 5) is 60.0. The van der Waals surface area contributed by atoms with Crippen LogP contribution in [0.5, 0.6) is 0 Å². The Balaban J connectivity index is 1.26. The second kappa shape index (κ2) is 10.4. The van der Waals surface area contributed by atoms with Crippen molar-refractivity contribution in [3.8, 4) is 0 Å². The molecule has 0 unspecified atom stereocenters. The molecular weight excluding hydrogens is 552 g/mol. The molecule has 0 aliphatic carbocycles. The summed E-state index contributed by atoms with van der Waals surface area (Å²) >= 11 is 0. The van der Waals surface area contributed by atoms with E-state index in [1.165, 1.54) is 9.80 Å². The minimum atomic E-state index is -0.838. The van der Waals surface area contributed by atoms with Crippen molar-refractivity contribution >= 4 is 23.6 Å². The number of imide groups is 2. The number of fused-ring (bicyclic) bond motifs is 5. The Kier molecular flexibility index (Phi) is 6.29. The average molecular weight is 583 g/mol. The summed E-state index contributed by atoms with van der Waals surface area (Å²) in [7, 11) is 0. The number of carbonyl (C=O) groups is 4. The number of hydrogen-bond donors (Lipinski definition) is 0. The predicted molar refractivity (Wildman–Crippen MR) is 161 cm³/mol. The fourth-order valence-corrected chi connectivity index (χ4v) is 7.76. The van der Waals surface area contributed by atoms with Gasteiger partial charge < -0.3 is 0 Å². The van der Waals surface area contributed by atoms with Crippen molar-refractivity contribution < 1.29 is 19.2 Å². The number of nitrogens with zero attached hydrogens (tertiary/aromatic N) is 4. The van der Waals surface area contributed by atoms with E-state index in [1.807, 2.05) is 131 Å². The molecule has 4 fully saturated rings. The van der Waals surface area contributed by atoms with Crippen LogP contribution in [0.2, 0.25) is 0 Å². The summed E-state index contributed by atoms with van der Waals surface area (Å²) in [6.45, 7) is 0.346. The maximum Gasteiger partial charge on any atom is 0.249 e. The summed E-state index contributed by atoms with van der Waals surface area (Å²) in [5.74, 6) is -2.57. The number of carbonyl (C=O) groups excluding carboxylic acids is 4. The standard InChI is InChI=1S/C36H30N4O4/c41-33-27-29(25-17-9-3-10-18-25)40-32-28(34(42)38(36(32)44)22-24-15-7-2-8-16-24)30(26-19-11-4-12-20-26)39(40)31(27)35(43)37(33)21-23-13-5-1-6-14-23/h1-20,27-32H,21-22H2/t27-,28+,29+,30-,31-,32+. The van der Waals surface area contributed by atoms with Gasteiger partial charge in [-0.1, -0.05) is 121 Å². The van der Waals surface area contributed by atoms with Crippen LogP contribution in [0.4, 0.5) is 0 Å². The first-order valence-electron chi connectivity index (χ1n) is 15.0. The first kappa shape index (κ1) is 26.7. The minimum absolute atomic E-state index is 0.173. The Morgan fingerprint density at radius 2 is 0.705 bits per heavy atom. The van der Waals surface area contributed by atoms with E-state index in [1.54, 1.807) is 0 Å². The molecule has 4 aliphatic rings. The normalized spacial score (nSPS) is 28.1. The van der Waals surface area contributed by atoms with Crippen molar-refractivity contribution in [2.24, 2.45) is 11.8 Å². The zero-order chi connectivity index (χ0) is 29.9. The summed E-state index contributed by atoms with van der Waals surface area (Å²) < 4.78 is 0. The molecule has 4 heterocycles. The van der Waals surface area contributed by atoms with Crippen molar-refractivity contribution in [3.05, 3.63) is 144 Å². The number of likely N-dealkylation sites (tertiary alicyclic amines) is 2. The van der Waals surface area contributed by atoms with E-state index in [0.717, 1.165) is 22.3 Å². The molecule has 4 aromatic carbocycles. The molecule has 4 aliphatic heterocycles. The first-order chi connectivity index (χ1) is 21.5. The molecule has 0 radical (unpaired) electrons. The van der Waals surface area contributed by atoms with Crippen molar-refractivity contribution in [2.45, 2.75) is 37.3 Å².